The molecular weight excluding hydrogens is 308 g/mol. The van der Waals surface area contributed by atoms with Gasteiger partial charge in [0.25, 0.3) is 5.91 Å². The molecule has 0 saturated heterocycles. The van der Waals surface area contributed by atoms with Crippen LogP contribution in [0.5, 0.6) is 0 Å². The van der Waals surface area contributed by atoms with E-state index < -0.39 is 0 Å². The molecule has 1 heterocycles. The maximum atomic E-state index is 12.6. The molecule has 2 aromatic carbocycles. The first-order chi connectivity index (χ1) is 11.0. The van der Waals surface area contributed by atoms with Gasteiger partial charge in [0, 0.05) is 22.6 Å². The van der Waals surface area contributed by atoms with E-state index >= 15 is 0 Å². The number of nitrogens with zero attached hydrogens (tertiary/aromatic N) is 1. The zero-order valence-corrected chi connectivity index (χ0v) is 13.8. The van der Waals surface area contributed by atoms with Gasteiger partial charge in [-0.25, -0.2) is 0 Å². The number of rotatable bonds is 3. The number of hydrogen-bond donors (Lipinski definition) is 1. The number of carbonyl (C=O) groups excluding carboxylic acids is 1. The average Bonchev–Trinajstić information content (AvgIpc) is 2.53. The van der Waals surface area contributed by atoms with Gasteiger partial charge in [0.15, 0.2) is 0 Å². The number of aryl methyl sites for hydroxylation is 2. The number of carbonyl (C=O) groups is 1. The van der Waals surface area contributed by atoms with Crippen LogP contribution in [-0.4, -0.2) is 10.9 Å². The lowest BCUT2D eigenvalue weighted by Crippen LogP contribution is -2.23. The van der Waals surface area contributed by atoms with E-state index in [1.165, 1.54) is 0 Å². The van der Waals surface area contributed by atoms with Gasteiger partial charge in [0.1, 0.15) is 0 Å². The highest BCUT2D eigenvalue weighted by Crippen LogP contribution is 2.21. The average molecular weight is 325 g/mol. The molecule has 0 aliphatic heterocycles. The molecule has 0 aliphatic carbocycles. The maximum Gasteiger partial charge on any atom is 0.252 e. The van der Waals surface area contributed by atoms with E-state index in [2.05, 4.69) is 10.3 Å². The summed E-state index contributed by atoms with van der Waals surface area (Å²) in [5.41, 5.74) is 4.39. The van der Waals surface area contributed by atoms with Crippen LogP contribution in [0.1, 0.15) is 27.2 Å². The van der Waals surface area contributed by atoms with Gasteiger partial charge in [-0.2, -0.15) is 0 Å². The molecule has 116 valence electrons. The van der Waals surface area contributed by atoms with Gasteiger partial charge >= 0.3 is 0 Å². The number of aromatic nitrogens is 1. The molecule has 1 aromatic heterocycles. The molecule has 0 bridgehead atoms. The van der Waals surface area contributed by atoms with Crippen LogP contribution >= 0.6 is 11.6 Å². The molecule has 1 N–H and O–H groups in total. The Morgan fingerprint density at radius 1 is 1.13 bits per heavy atom. The van der Waals surface area contributed by atoms with Crippen LogP contribution in [0.15, 0.2) is 48.5 Å². The maximum absolute atomic E-state index is 12.6. The van der Waals surface area contributed by atoms with Crippen molar-refractivity contribution in [3.05, 3.63) is 75.9 Å². The SMILES string of the molecule is Cc1cc(C(=O)NCc2cccc(Cl)c2)c2cccc(C)c2n1. The summed E-state index contributed by atoms with van der Waals surface area (Å²) >= 11 is 5.97. The number of amides is 1. The predicted molar refractivity (Wildman–Crippen MR) is 93.8 cm³/mol. The van der Waals surface area contributed by atoms with Gasteiger partial charge in [0.05, 0.1) is 11.1 Å². The summed E-state index contributed by atoms with van der Waals surface area (Å²) < 4.78 is 0. The fraction of sp³-hybridized carbons (Fsp3) is 0.158. The third-order valence-corrected chi connectivity index (χ3v) is 3.99. The van der Waals surface area contributed by atoms with Crippen molar-refractivity contribution in [2.75, 3.05) is 0 Å². The number of para-hydroxylation sites is 1. The lowest BCUT2D eigenvalue weighted by Gasteiger charge is -2.10. The van der Waals surface area contributed by atoms with Gasteiger partial charge in [-0.15, -0.1) is 0 Å². The molecule has 1 amide bonds. The van der Waals surface area contributed by atoms with Crippen LogP contribution in [0.3, 0.4) is 0 Å². The first-order valence-electron chi connectivity index (χ1n) is 7.44. The normalized spacial score (nSPS) is 10.7. The summed E-state index contributed by atoms with van der Waals surface area (Å²) in [5, 5.41) is 4.49. The highest BCUT2D eigenvalue weighted by molar-refractivity contribution is 6.30. The molecule has 3 aromatic rings. The Balaban J connectivity index is 1.90. The van der Waals surface area contributed by atoms with E-state index in [0.29, 0.717) is 17.1 Å². The topological polar surface area (TPSA) is 42.0 Å². The summed E-state index contributed by atoms with van der Waals surface area (Å²) in [4.78, 5) is 17.2. The standard InChI is InChI=1S/C19H17ClN2O/c1-12-5-3-8-16-17(9-13(2)22-18(12)16)19(23)21-11-14-6-4-7-15(20)10-14/h3-10H,11H2,1-2H3,(H,21,23). The third-order valence-electron chi connectivity index (χ3n) is 3.76. The van der Waals surface area contributed by atoms with Crippen LogP contribution in [0.4, 0.5) is 0 Å². The molecule has 0 radical (unpaired) electrons. The van der Waals surface area contributed by atoms with Crippen molar-refractivity contribution in [3.63, 3.8) is 0 Å². The molecule has 0 unspecified atom stereocenters. The van der Waals surface area contributed by atoms with Gasteiger partial charge in [-0.3, -0.25) is 9.78 Å². The second kappa shape index (κ2) is 6.39. The molecular formula is C19H17ClN2O. The molecule has 3 nitrogen and oxygen atoms in total. The first-order valence-corrected chi connectivity index (χ1v) is 7.82. The van der Waals surface area contributed by atoms with E-state index in [0.717, 1.165) is 27.7 Å². The largest absolute Gasteiger partial charge is 0.348 e. The number of fused-ring (bicyclic) bond motifs is 1. The smallest absolute Gasteiger partial charge is 0.252 e. The van der Waals surface area contributed by atoms with Crippen LogP contribution < -0.4 is 5.32 Å². The molecule has 23 heavy (non-hydrogen) atoms. The molecule has 3 rings (SSSR count). The monoisotopic (exact) mass is 324 g/mol. The summed E-state index contributed by atoms with van der Waals surface area (Å²) in [6.07, 6.45) is 0. The molecule has 0 spiro atoms. The van der Waals surface area contributed by atoms with Crippen molar-refractivity contribution in [1.29, 1.82) is 0 Å². The highest BCUT2D eigenvalue weighted by atomic mass is 35.5. The minimum Gasteiger partial charge on any atom is -0.348 e. The molecule has 0 atom stereocenters. The van der Waals surface area contributed by atoms with Gasteiger partial charge < -0.3 is 5.32 Å². The number of nitrogens with one attached hydrogen (secondary N) is 1. The molecule has 0 saturated carbocycles. The Labute approximate surface area is 140 Å². The first kappa shape index (κ1) is 15.5. The lowest BCUT2D eigenvalue weighted by molar-refractivity contribution is 0.0952. The number of hydrogen-bond acceptors (Lipinski definition) is 2. The van der Waals surface area contributed by atoms with E-state index in [9.17, 15) is 4.79 Å². The second-order valence-electron chi connectivity index (χ2n) is 5.59. The number of pyridine rings is 1. The van der Waals surface area contributed by atoms with E-state index in [1.54, 1.807) is 0 Å². The van der Waals surface area contributed by atoms with Crippen LogP contribution in [-0.2, 0) is 6.54 Å². The summed E-state index contributed by atoms with van der Waals surface area (Å²) in [6, 6.07) is 15.2. The van der Waals surface area contributed by atoms with Crippen LogP contribution in [0.2, 0.25) is 5.02 Å². The Kier molecular flexibility index (Phi) is 4.30. The summed E-state index contributed by atoms with van der Waals surface area (Å²) in [6.45, 7) is 4.34. The third kappa shape index (κ3) is 3.35. The minimum atomic E-state index is -0.105. The van der Waals surface area contributed by atoms with Crippen molar-refractivity contribution < 1.29 is 4.79 Å². The quantitative estimate of drug-likeness (QED) is 0.774. The van der Waals surface area contributed by atoms with E-state index in [-0.39, 0.29) is 5.91 Å². The van der Waals surface area contributed by atoms with Gasteiger partial charge in [-0.1, -0.05) is 41.9 Å². The minimum absolute atomic E-state index is 0.105. The molecule has 0 aliphatic rings. The van der Waals surface area contributed by atoms with E-state index in [1.807, 2.05) is 62.4 Å². The summed E-state index contributed by atoms with van der Waals surface area (Å²) in [5.74, 6) is -0.105. The van der Waals surface area contributed by atoms with Crippen molar-refractivity contribution in [2.45, 2.75) is 20.4 Å². The van der Waals surface area contributed by atoms with Crippen LogP contribution in [0.25, 0.3) is 10.9 Å². The van der Waals surface area contributed by atoms with Crippen molar-refractivity contribution >= 4 is 28.4 Å². The predicted octanol–water partition coefficient (Wildman–Crippen LogP) is 4.44. The van der Waals surface area contributed by atoms with Gasteiger partial charge in [0.2, 0.25) is 0 Å². The van der Waals surface area contributed by atoms with Gasteiger partial charge in [-0.05, 0) is 43.2 Å². The zero-order chi connectivity index (χ0) is 16.4. The second-order valence-corrected chi connectivity index (χ2v) is 6.03. The zero-order valence-electron chi connectivity index (χ0n) is 13.1. The highest BCUT2D eigenvalue weighted by Gasteiger charge is 2.12. The Bertz CT molecular complexity index is 890. The van der Waals surface area contributed by atoms with E-state index in [4.69, 9.17) is 11.6 Å². The van der Waals surface area contributed by atoms with Crippen molar-refractivity contribution in [1.82, 2.24) is 10.3 Å². The molecule has 4 heteroatoms. The fourth-order valence-corrected chi connectivity index (χ4v) is 2.85. The fourth-order valence-electron chi connectivity index (χ4n) is 2.63. The number of benzene rings is 2. The van der Waals surface area contributed by atoms with Crippen molar-refractivity contribution in [3.8, 4) is 0 Å². The Hall–Kier alpha value is -2.39. The molecule has 0 fully saturated rings. The van der Waals surface area contributed by atoms with Crippen molar-refractivity contribution in [2.24, 2.45) is 0 Å². The Morgan fingerprint density at radius 2 is 1.91 bits per heavy atom. The lowest BCUT2D eigenvalue weighted by atomic mass is 10.0. The Morgan fingerprint density at radius 3 is 2.70 bits per heavy atom. The number of halogens is 1. The van der Waals surface area contributed by atoms with Crippen LogP contribution in [0, 0.1) is 13.8 Å². The summed E-state index contributed by atoms with van der Waals surface area (Å²) in [7, 11) is 0.